The Morgan fingerprint density at radius 1 is 1.24 bits per heavy atom. The Labute approximate surface area is 105 Å². The summed E-state index contributed by atoms with van der Waals surface area (Å²) in [6.45, 7) is 1.74. The second-order valence-electron chi connectivity index (χ2n) is 3.56. The average molecular weight is 253 g/mol. The fourth-order valence-corrected chi connectivity index (χ4v) is 1.63. The molecule has 0 aliphatic rings. The third kappa shape index (κ3) is 4.48. The van der Waals surface area contributed by atoms with E-state index in [9.17, 15) is 9.59 Å². The van der Waals surface area contributed by atoms with Crippen LogP contribution in [-0.2, 0) is 4.79 Å². The van der Waals surface area contributed by atoms with E-state index >= 15 is 0 Å². The van der Waals surface area contributed by atoms with E-state index in [-0.39, 0.29) is 11.2 Å². The number of carbonyl (C=O) groups is 2. The fraction of sp³-hybridized carbons (Fsp3) is 0.333. The smallest absolute Gasteiger partial charge is 0.310 e. The lowest BCUT2D eigenvalue weighted by Gasteiger charge is -2.09. The zero-order chi connectivity index (χ0) is 12.8. The number of esters is 1. The summed E-state index contributed by atoms with van der Waals surface area (Å²) in [4.78, 5) is 24.8. The standard InChI is InChI=1S/C12H15NO3S/c1-4-11(14)16-9-5-7-10(8-6-9)17-12(15)13(2)3/h5-8H,4H2,1-3H3. The first kappa shape index (κ1) is 13.6. The van der Waals surface area contributed by atoms with Gasteiger partial charge in [0.05, 0.1) is 0 Å². The summed E-state index contributed by atoms with van der Waals surface area (Å²) in [6, 6.07) is 6.87. The van der Waals surface area contributed by atoms with Crippen molar-refractivity contribution >= 4 is 23.0 Å². The van der Waals surface area contributed by atoms with Crippen LogP contribution in [-0.4, -0.2) is 30.2 Å². The van der Waals surface area contributed by atoms with Gasteiger partial charge in [-0.3, -0.25) is 9.59 Å². The summed E-state index contributed by atoms with van der Waals surface area (Å²) in [5, 5.41) is -0.0386. The Balaban J connectivity index is 2.62. The predicted octanol–water partition coefficient (Wildman–Crippen LogP) is 2.78. The number of hydrogen-bond acceptors (Lipinski definition) is 4. The number of carbonyl (C=O) groups excluding carboxylic acids is 2. The van der Waals surface area contributed by atoms with Gasteiger partial charge in [-0.15, -0.1) is 0 Å². The minimum atomic E-state index is -0.269. The van der Waals surface area contributed by atoms with Crippen LogP contribution in [0.5, 0.6) is 5.75 Å². The van der Waals surface area contributed by atoms with Crippen LogP contribution >= 0.6 is 11.8 Å². The molecule has 0 heterocycles. The van der Waals surface area contributed by atoms with E-state index in [2.05, 4.69) is 0 Å². The molecule has 92 valence electrons. The van der Waals surface area contributed by atoms with Gasteiger partial charge < -0.3 is 9.64 Å². The highest BCUT2D eigenvalue weighted by atomic mass is 32.2. The number of thioether (sulfide) groups is 1. The normalized spacial score (nSPS) is 9.82. The molecular formula is C12H15NO3S. The van der Waals surface area contributed by atoms with Crippen LogP contribution in [0.2, 0.25) is 0 Å². The first-order chi connectivity index (χ1) is 8.02. The van der Waals surface area contributed by atoms with Crippen LogP contribution in [0.3, 0.4) is 0 Å². The van der Waals surface area contributed by atoms with E-state index in [1.54, 1.807) is 45.3 Å². The molecule has 0 aliphatic heterocycles. The Hall–Kier alpha value is -1.49. The van der Waals surface area contributed by atoms with E-state index in [4.69, 9.17) is 4.74 Å². The molecule has 0 saturated heterocycles. The van der Waals surface area contributed by atoms with Gasteiger partial charge in [0.25, 0.3) is 5.24 Å². The molecule has 1 aromatic rings. The van der Waals surface area contributed by atoms with Crippen molar-refractivity contribution in [1.29, 1.82) is 0 Å². The van der Waals surface area contributed by atoms with Crippen molar-refractivity contribution in [3.8, 4) is 5.75 Å². The summed E-state index contributed by atoms with van der Waals surface area (Å²) in [5.41, 5.74) is 0. The maximum Gasteiger partial charge on any atom is 0.310 e. The molecule has 1 rings (SSSR count). The topological polar surface area (TPSA) is 46.6 Å². The van der Waals surface area contributed by atoms with E-state index in [1.165, 1.54) is 4.90 Å². The van der Waals surface area contributed by atoms with Crippen LogP contribution in [0.4, 0.5) is 4.79 Å². The second kappa shape index (κ2) is 6.30. The lowest BCUT2D eigenvalue weighted by Crippen LogP contribution is -2.15. The summed E-state index contributed by atoms with van der Waals surface area (Å²) >= 11 is 1.13. The predicted molar refractivity (Wildman–Crippen MR) is 67.3 cm³/mol. The van der Waals surface area contributed by atoms with E-state index < -0.39 is 0 Å². The quantitative estimate of drug-likeness (QED) is 0.472. The molecule has 0 aromatic heterocycles. The van der Waals surface area contributed by atoms with Gasteiger partial charge >= 0.3 is 5.97 Å². The lowest BCUT2D eigenvalue weighted by atomic mass is 10.3. The number of amides is 1. The van der Waals surface area contributed by atoms with E-state index in [0.717, 1.165) is 16.7 Å². The van der Waals surface area contributed by atoms with Crippen molar-refractivity contribution in [3.05, 3.63) is 24.3 Å². The van der Waals surface area contributed by atoms with Crippen LogP contribution in [0.1, 0.15) is 13.3 Å². The molecule has 4 nitrogen and oxygen atoms in total. The molecule has 0 radical (unpaired) electrons. The zero-order valence-corrected chi connectivity index (χ0v) is 10.9. The SMILES string of the molecule is CCC(=O)Oc1ccc(SC(=O)N(C)C)cc1. The van der Waals surface area contributed by atoms with Crippen molar-refractivity contribution in [2.75, 3.05) is 14.1 Å². The van der Waals surface area contributed by atoms with Gasteiger partial charge in [0.15, 0.2) is 0 Å². The first-order valence-corrected chi connectivity index (χ1v) is 6.04. The minimum absolute atomic E-state index is 0.0386. The summed E-state index contributed by atoms with van der Waals surface area (Å²) in [6.07, 6.45) is 0.343. The Morgan fingerprint density at radius 3 is 2.29 bits per heavy atom. The number of nitrogens with zero attached hydrogens (tertiary/aromatic N) is 1. The van der Waals surface area contributed by atoms with Crippen molar-refractivity contribution in [2.45, 2.75) is 18.2 Å². The Kier molecular flexibility index (Phi) is 5.03. The zero-order valence-electron chi connectivity index (χ0n) is 10.1. The van der Waals surface area contributed by atoms with Crippen molar-refractivity contribution in [2.24, 2.45) is 0 Å². The van der Waals surface area contributed by atoms with Gasteiger partial charge in [0.2, 0.25) is 0 Å². The third-order valence-corrected chi connectivity index (χ3v) is 2.96. The molecule has 0 fully saturated rings. The number of benzene rings is 1. The monoisotopic (exact) mass is 253 g/mol. The Bertz CT molecular complexity index is 401. The molecule has 1 aromatic carbocycles. The molecule has 0 saturated carbocycles. The molecule has 0 spiro atoms. The highest BCUT2D eigenvalue weighted by molar-refractivity contribution is 8.13. The molecule has 1 amide bonds. The molecular weight excluding hydrogens is 238 g/mol. The highest BCUT2D eigenvalue weighted by Crippen LogP contribution is 2.23. The first-order valence-electron chi connectivity index (χ1n) is 5.22. The van der Waals surface area contributed by atoms with Crippen molar-refractivity contribution < 1.29 is 14.3 Å². The van der Waals surface area contributed by atoms with Crippen LogP contribution in [0.25, 0.3) is 0 Å². The fourth-order valence-electron chi connectivity index (χ4n) is 0.971. The second-order valence-corrected chi connectivity index (χ2v) is 4.59. The maximum atomic E-state index is 11.4. The van der Waals surface area contributed by atoms with Gasteiger partial charge in [0, 0.05) is 25.4 Å². The van der Waals surface area contributed by atoms with Crippen LogP contribution in [0.15, 0.2) is 29.2 Å². The molecule has 0 unspecified atom stereocenters. The molecule has 0 atom stereocenters. The van der Waals surface area contributed by atoms with E-state index in [0.29, 0.717) is 12.2 Å². The molecule has 0 aliphatic carbocycles. The number of rotatable bonds is 3. The van der Waals surface area contributed by atoms with Crippen molar-refractivity contribution in [1.82, 2.24) is 4.90 Å². The molecule has 0 N–H and O–H groups in total. The van der Waals surface area contributed by atoms with Gasteiger partial charge in [-0.25, -0.2) is 0 Å². The van der Waals surface area contributed by atoms with Gasteiger partial charge in [-0.1, -0.05) is 6.92 Å². The summed E-state index contributed by atoms with van der Waals surface area (Å²) in [5.74, 6) is 0.230. The molecule has 0 bridgehead atoms. The summed E-state index contributed by atoms with van der Waals surface area (Å²) < 4.78 is 5.03. The third-order valence-electron chi connectivity index (χ3n) is 1.91. The van der Waals surface area contributed by atoms with E-state index in [1.807, 2.05) is 0 Å². The minimum Gasteiger partial charge on any atom is -0.427 e. The van der Waals surface area contributed by atoms with Gasteiger partial charge in [0.1, 0.15) is 5.75 Å². The number of hydrogen-bond donors (Lipinski definition) is 0. The molecule has 17 heavy (non-hydrogen) atoms. The average Bonchev–Trinajstić information content (AvgIpc) is 2.31. The molecule has 5 heteroatoms. The lowest BCUT2D eigenvalue weighted by molar-refractivity contribution is -0.134. The van der Waals surface area contributed by atoms with Crippen LogP contribution < -0.4 is 4.74 Å². The Morgan fingerprint density at radius 2 is 1.82 bits per heavy atom. The van der Waals surface area contributed by atoms with Crippen molar-refractivity contribution in [3.63, 3.8) is 0 Å². The number of ether oxygens (including phenoxy) is 1. The highest BCUT2D eigenvalue weighted by Gasteiger charge is 2.07. The summed E-state index contributed by atoms with van der Waals surface area (Å²) in [7, 11) is 3.40. The van der Waals surface area contributed by atoms with Gasteiger partial charge in [-0.05, 0) is 36.0 Å². The van der Waals surface area contributed by atoms with Crippen LogP contribution in [0, 0.1) is 0 Å². The van der Waals surface area contributed by atoms with Gasteiger partial charge in [-0.2, -0.15) is 0 Å². The largest absolute Gasteiger partial charge is 0.427 e. The maximum absolute atomic E-state index is 11.4.